The summed E-state index contributed by atoms with van der Waals surface area (Å²) < 4.78 is 17.8. The molecule has 1 aliphatic heterocycles. The number of carbonyl (C=O) groups is 1. The third kappa shape index (κ3) is 2.78. The van der Waals surface area contributed by atoms with E-state index in [9.17, 15) is 9.18 Å². The fraction of sp³-hybridized carbons (Fsp3) is 0.190. The van der Waals surface area contributed by atoms with Gasteiger partial charge in [-0.1, -0.05) is 18.2 Å². The summed E-state index contributed by atoms with van der Waals surface area (Å²) in [6, 6.07) is 12.7. The minimum atomic E-state index is -0.332. The predicted octanol–water partition coefficient (Wildman–Crippen LogP) is 4.44. The summed E-state index contributed by atoms with van der Waals surface area (Å²) in [6.45, 7) is 1.92. The van der Waals surface area contributed by atoms with Crippen LogP contribution in [0.5, 0.6) is 0 Å². The van der Waals surface area contributed by atoms with Crippen LogP contribution in [0.25, 0.3) is 17.0 Å². The number of nitrogens with zero attached hydrogens (tertiary/aromatic N) is 4. The average molecular weight is 454 g/mol. The van der Waals surface area contributed by atoms with Crippen molar-refractivity contribution in [2.45, 2.75) is 19.3 Å². The van der Waals surface area contributed by atoms with Crippen LogP contribution < -0.4 is 5.32 Å². The second kappa shape index (κ2) is 6.52. The molecule has 1 aliphatic rings. The van der Waals surface area contributed by atoms with E-state index in [1.807, 2.05) is 42.8 Å². The van der Waals surface area contributed by atoms with Crippen LogP contribution in [-0.4, -0.2) is 25.2 Å². The Morgan fingerprint density at radius 3 is 2.79 bits per heavy atom. The van der Waals surface area contributed by atoms with Crippen molar-refractivity contribution in [1.29, 1.82) is 0 Å². The van der Waals surface area contributed by atoms with Gasteiger partial charge in [-0.15, -0.1) is 0 Å². The number of rotatable bonds is 2. The highest BCUT2D eigenvalue weighted by Gasteiger charge is 2.33. The van der Waals surface area contributed by atoms with Crippen LogP contribution in [0.1, 0.15) is 29.2 Å². The molecule has 2 aromatic carbocycles. The maximum absolute atomic E-state index is 13.7. The molecule has 0 bridgehead atoms. The zero-order valence-electron chi connectivity index (χ0n) is 15.8. The van der Waals surface area contributed by atoms with Gasteiger partial charge in [-0.2, -0.15) is 9.78 Å². The highest BCUT2D eigenvalue weighted by molar-refractivity contribution is 9.10. The molecular weight excluding hydrogens is 437 g/mol. The Bertz CT molecular complexity index is 1290. The van der Waals surface area contributed by atoms with Crippen LogP contribution in [0.2, 0.25) is 0 Å². The molecule has 0 spiro atoms. The average Bonchev–Trinajstić information content (AvgIpc) is 3.21. The quantitative estimate of drug-likeness (QED) is 0.487. The maximum atomic E-state index is 13.7. The van der Waals surface area contributed by atoms with E-state index in [1.54, 1.807) is 16.8 Å². The number of para-hydroxylation sites is 2. The molecule has 1 amide bonds. The minimum absolute atomic E-state index is 0.108. The number of hydrogen-bond acceptors (Lipinski definition) is 3. The van der Waals surface area contributed by atoms with E-state index in [0.29, 0.717) is 16.2 Å². The van der Waals surface area contributed by atoms with Crippen LogP contribution >= 0.6 is 15.9 Å². The van der Waals surface area contributed by atoms with Gasteiger partial charge < -0.3 is 9.88 Å². The standard InChI is InChI=1S/C21H17BrFN5O/c1-11-19-13(12-7-8-15(23)14(22)9-12)10-18(29)25-20(19)28(26-11)21-24-16-5-3-4-6-17(16)27(21)2/h3-9,13H,10H2,1-2H3,(H,25,29)/t13-/m0/s1. The first-order chi connectivity index (χ1) is 13.9. The Morgan fingerprint density at radius 2 is 2.03 bits per heavy atom. The van der Waals surface area contributed by atoms with Gasteiger partial charge in [-0.25, -0.2) is 9.37 Å². The van der Waals surface area contributed by atoms with Gasteiger partial charge >= 0.3 is 0 Å². The van der Waals surface area contributed by atoms with Crippen molar-refractivity contribution in [2.75, 3.05) is 5.32 Å². The lowest BCUT2D eigenvalue weighted by Gasteiger charge is -2.24. The Labute approximate surface area is 174 Å². The Hall–Kier alpha value is -3.00. The van der Waals surface area contributed by atoms with E-state index in [4.69, 9.17) is 10.1 Å². The summed E-state index contributed by atoms with van der Waals surface area (Å²) in [5.74, 6) is 0.586. The molecule has 5 rings (SSSR count). The third-order valence-electron chi connectivity index (χ3n) is 5.40. The zero-order valence-corrected chi connectivity index (χ0v) is 17.4. The van der Waals surface area contributed by atoms with E-state index < -0.39 is 0 Å². The minimum Gasteiger partial charge on any atom is -0.311 e. The Morgan fingerprint density at radius 1 is 1.24 bits per heavy atom. The number of benzene rings is 2. The van der Waals surface area contributed by atoms with E-state index in [2.05, 4.69) is 21.2 Å². The Kier molecular flexibility index (Phi) is 4.06. The van der Waals surface area contributed by atoms with Gasteiger partial charge in [0.2, 0.25) is 11.9 Å². The van der Waals surface area contributed by atoms with Crippen LogP contribution in [0.3, 0.4) is 0 Å². The van der Waals surface area contributed by atoms with Crippen molar-refractivity contribution in [1.82, 2.24) is 19.3 Å². The van der Waals surface area contributed by atoms with E-state index in [-0.39, 0.29) is 24.1 Å². The molecule has 146 valence electrons. The summed E-state index contributed by atoms with van der Waals surface area (Å²) in [5.41, 5.74) is 4.42. The van der Waals surface area contributed by atoms with Gasteiger partial charge in [0.05, 0.1) is 21.2 Å². The first-order valence-electron chi connectivity index (χ1n) is 9.20. The molecule has 0 unspecified atom stereocenters. The monoisotopic (exact) mass is 453 g/mol. The summed E-state index contributed by atoms with van der Waals surface area (Å²) in [6.07, 6.45) is 0.278. The molecule has 0 fully saturated rings. The van der Waals surface area contributed by atoms with Crippen molar-refractivity contribution < 1.29 is 9.18 Å². The fourth-order valence-electron chi connectivity index (χ4n) is 4.03. The zero-order chi connectivity index (χ0) is 20.3. The van der Waals surface area contributed by atoms with E-state index in [1.165, 1.54) is 6.07 Å². The number of fused-ring (bicyclic) bond motifs is 2. The molecule has 1 N–H and O–H groups in total. The Balaban J connectivity index is 1.71. The number of imidazole rings is 1. The summed E-state index contributed by atoms with van der Waals surface area (Å²) in [7, 11) is 1.92. The van der Waals surface area contributed by atoms with Crippen molar-refractivity contribution >= 4 is 38.7 Å². The summed E-state index contributed by atoms with van der Waals surface area (Å²) in [4.78, 5) is 17.3. The van der Waals surface area contributed by atoms with Crippen molar-refractivity contribution in [2.24, 2.45) is 7.05 Å². The summed E-state index contributed by atoms with van der Waals surface area (Å²) >= 11 is 3.25. The first-order valence-corrected chi connectivity index (χ1v) is 9.99. The SMILES string of the molecule is Cc1nn(-c2nc3ccccc3n2C)c2c1[C@H](c1ccc(F)c(Br)c1)CC(=O)N2. The van der Waals surface area contributed by atoms with Gasteiger partial charge in [-0.05, 0) is 52.7 Å². The lowest BCUT2D eigenvalue weighted by molar-refractivity contribution is -0.116. The molecule has 3 heterocycles. The van der Waals surface area contributed by atoms with Gasteiger partial charge in [-0.3, -0.25) is 4.79 Å². The van der Waals surface area contributed by atoms with Crippen LogP contribution in [0, 0.1) is 12.7 Å². The van der Waals surface area contributed by atoms with Crippen LogP contribution in [-0.2, 0) is 11.8 Å². The molecule has 6 nitrogen and oxygen atoms in total. The molecule has 0 radical (unpaired) electrons. The van der Waals surface area contributed by atoms with Crippen molar-refractivity contribution in [3.8, 4) is 5.95 Å². The molecule has 29 heavy (non-hydrogen) atoms. The second-order valence-electron chi connectivity index (χ2n) is 7.20. The molecule has 4 aromatic rings. The molecule has 0 aliphatic carbocycles. The number of halogens is 2. The second-order valence-corrected chi connectivity index (χ2v) is 8.05. The normalized spacial score (nSPS) is 16.1. The number of anilines is 1. The van der Waals surface area contributed by atoms with Crippen molar-refractivity contribution in [3.05, 3.63) is 69.6 Å². The predicted molar refractivity (Wildman–Crippen MR) is 112 cm³/mol. The highest BCUT2D eigenvalue weighted by atomic mass is 79.9. The number of amides is 1. The topological polar surface area (TPSA) is 64.7 Å². The van der Waals surface area contributed by atoms with Gasteiger partial charge in [0.15, 0.2) is 0 Å². The fourth-order valence-corrected chi connectivity index (χ4v) is 4.42. The van der Waals surface area contributed by atoms with Gasteiger partial charge in [0, 0.05) is 24.9 Å². The highest BCUT2D eigenvalue weighted by Crippen LogP contribution is 2.41. The lowest BCUT2D eigenvalue weighted by Crippen LogP contribution is -2.25. The number of aromatic nitrogens is 4. The van der Waals surface area contributed by atoms with Crippen LogP contribution in [0.15, 0.2) is 46.9 Å². The van der Waals surface area contributed by atoms with Crippen molar-refractivity contribution in [3.63, 3.8) is 0 Å². The molecule has 1 atom stereocenters. The molecule has 2 aromatic heterocycles. The van der Waals surface area contributed by atoms with E-state index in [0.717, 1.165) is 27.9 Å². The number of hydrogen-bond donors (Lipinski definition) is 1. The summed E-state index contributed by atoms with van der Waals surface area (Å²) in [5, 5.41) is 7.67. The number of carbonyl (C=O) groups excluding carboxylic acids is 1. The third-order valence-corrected chi connectivity index (χ3v) is 6.01. The van der Waals surface area contributed by atoms with Crippen LogP contribution in [0.4, 0.5) is 10.2 Å². The maximum Gasteiger partial charge on any atom is 0.233 e. The van der Waals surface area contributed by atoms with E-state index >= 15 is 0 Å². The molecule has 8 heteroatoms. The first kappa shape index (κ1) is 18.1. The molecular formula is C21H17BrFN5O. The number of aryl methyl sites for hydroxylation is 2. The van der Waals surface area contributed by atoms with Gasteiger partial charge in [0.1, 0.15) is 11.6 Å². The largest absolute Gasteiger partial charge is 0.311 e. The lowest BCUT2D eigenvalue weighted by atomic mass is 9.86. The smallest absolute Gasteiger partial charge is 0.233 e. The molecule has 0 saturated heterocycles. The number of nitrogens with one attached hydrogen (secondary N) is 1. The molecule has 0 saturated carbocycles. The van der Waals surface area contributed by atoms with Gasteiger partial charge in [0.25, 0.3) is 0 Å².